The molecule has 0 amide bonds. The maximum atomic E-state index is 11.7. The molecule has 0 saturated carbocycles. The summed E-state index contributed by atoms with van der Waals surface area (Å²) in [6.45, 7) is 3.10. The number of hydrogen-bond donors (Lipinski definition) is 0. The van der Waals surface area contributed by atoms with Crippen LogP contribution in [0.25, 0.3) is 11.3 Å². The van der Waals surface area contributed by atoms with Crippen LogP contribution < -0.4 is 9.64 Å². The summed E-state index contributed by atoms with van der Waals surface area (Å²) < 4.78 is 13.0. The van der Waals surface area contributed by atoms with Gasteiger partial charge in [-0.3, -0.25) is 9.69 Å². The van der Waals surface area contributed by atoms with Crippen LogP contribution in [0.4, 0.5) is 5.95 Å². The highest BCUT2D eigenvalue weighted by Gasteiger charge is 2.22. The Bertz CT molecular complexity index is 1500. The fourth-order valence-electron chi connectivity index (χ4n) is 5.01. The van der Waals surface area contributed by atoms with E-state index in [9.17, 15) is 4.79 Å². The largest absolute Gasteiger partial charge is 0.469 e. The quantitative estimate of drug-likeness (QED) is 0.207. The Morgan fingerprint density at radius 3 is 2.40 bits per heavy atom. The molecule has 220 valence electrons. The second-order valence-corrected chi connectivity index (χ2v) is 11.4. The van der Waals surface area contributed by atoms with Gasteiger partial charge in [0, 0.05) is 54.9 Å². The van der Waals surface area contributed by atoms with E-state index >= 15 is 0 Å². The molecule has 12 heteroatoms. The van der Waals surface area contributed by atoms with Crippen LogP contribution in [0.2, 0.25) is 10.0 Å². The first-order chi connectivity index (χ1) is 20.2. The number of aryl methyl sites for hydroxylation is 1. The SMILES string of the molecule is COC(=O)CC1CCN(Cc2cc(Oc3cnc(N(C)Cc4cncn4C)nc3)nc(-c3cc(Cl)cc(Cl)c3)c2)CC1. The predicted molar refractivity (Wildman–Crippen MR) is 162 cm³/mol. The number of carbonyl (C=O) groups is 1. The number of methoxy groups -OCH3 is 1. The summed E-state index contributed by atoms with van der Waals surface area (Å²) in [7, 11) is 5.32. The van der Waals surface area contributed by atoms with Crippen LogP contribution in [0.5, 0.6) is 11.6 Å². The molecule has 1 fully saturated rings. The van der Waals surface area contributed by atoms with Crippen molar-refractivity contribution in [1.82, 2.24) is 29.4 Å². The van der Waals surface area contributed by atoms with Gasteiger partial charge < -0.3 is 18.9 Å². The lowest BCUT2D eigenvalue weighted by molar-refractivity contribution is -0.142. The number of pyridine rings is 1. The van der Waals surface area contributed by atoms with Gasteiger partial charge in [0.15, 0.2) is 5.75 Å². The van der Waals surface area contributed by atoms with Crippen molar-refractivity contribution in [3.05, 3.63) is 76.6 Å². The highest BCUT2D eigenvalue weighted by atomic mass is 35.5. The Morgan fingerprint density at radius 2 is 1.76 bits per heavy atom. The number of piperidine rings is 1. The zero-order valence-corrected chi connectivity index (χ0v) is 25.3. The summed E-state index contributed by atoms with van der Waals surface area (Å²) in [5.74, 6) is 1.65. The van der Waals surface area contributed by atoms with E-state index in [1.54, 1.807) is 24.8 Å². The predicted octanol–water partition coefficient (Wildman–Crippen LogP) is 5.78. The topological polar surface area (TPSA) is 98.5 Å². The number of hydrogen-bond acceptors (Lipinski definition) is 9. The number of halogens is 2. The van der Waals surface area contributed by atoms with Crippen molar-refractivity contribution < 1.29 is 14.3 Å². The molecule has 0 bridgehead atoms. The molecule has 4 aromatic rings. The van der Waals surface area contributed by atoms with Crippen molar-refractivity contribution in [3.8, 4) is 22.9 Å². The second-order valence-electron chi connectivity index (χ2n) is 10.5. The molecule has 1 aliphatic rings. The van der Waals surface area contributed by atoms with Crippen LogP contribution in [0, 0.1) is 5.92 Å². The minimum absolute atomic E-state index is 0.147. The number of nitrogens with zero attached hydrogens (tertiary/aromatic N) is 7. The molecule has 1 aromatic carbocycles. The molecule has 0 aliphatic carbocycles. The summed E-state index contributed by atoms with van der Waals surface area (Å²) in [6, 6.07) is 9.31. The third kappa shape index (κ3) is 7.76. The molecule has 5 rings (SSSR count). The van der Waals surface area contributed by atoms with Crippen LogP contribution in [0.3, 0.4) is 0 Å². The van der Waals surface area contributed by atoms with Crippen molar-refractivity contribution in [3.63, 3.8) is 0 Å². The zero-order chi connectivity index (χ0) is 29.6. The summed E-state index contributed by atoms with van der Waals surface area (Å²) in [4.78, 5) is 33.9. The van der Waals surface area contributed by atoms with Gasteiger partial charge in [-0.2, -0.15) is 0 Å². The van der Waals surface area contributed by atoms with Gasteiger partial charge in [0.05, 0.1) is 43.8 Å². The Labute approximate surface area is 255 Å². The van der Waals surface area contributed by atoms with E-state index in [-0.39, 0.29) is 5.97 Å². The van der Waals surface area contributed by atoms with Gasteiger partial charge in [0.2, 0.25) is 11.8 Å². The van der Waals surface area contributed by atoms with Crippen LogP contribution in [-0.2, 0) is 29.7 Å². The van der Waals surface area contributed by atoms with Crippen molar-refractivity contribution in [1.29, 1.82) is 0 Å². The monoisotopic (exact) mass is 609 g/mol. The van der Waals surface area contributed by atoms with Gasteiger partial charge in [-0.25, -0.2) is 19.9 Å². The molecule has 4 heterocycles. The summed E-state index contributed by atoms with van der Waals surface area (Å²) in [5.41, 5.74) is 3.56. The van der Waals surface area contributed by atoms with E-state index in [1.807, 2.05) is 54.0 Å². The summed E-state index contributed by atoms with van der Waals surface area (Å²) >= 11 is 12.6. The minimum atomic E-state index is -0.147. The minimum Gasteiger partial charge on any atom is -0.469 e. The number of likely N-dealkylation sites (tertiary alicyclic amines) is 1. The summed E-state index contributed by atoms with van der Waals surface area (Å²) in [5, 5.41) is 1.05. The normalized spacial score (nSPS) is 14.1. The first-order valence-electron chi connectivity index (χ1n) is 13.7. The smallest absolute Gasteiger partial charge is 0.305 e. The first kappa shape index (κ1) is 29.8. The number of esters is 1. The third-order valence-corrected chi connectivity index (χ3v) is 7.75. The van der Waals surface area contributed by atoms with E-state index in [0.29, 0.717) is 58.7 Å². The van der Waals surface area contributed by atoms with Crippen LogP contribution >= 0.6 is 23.2 Å². The second kappa shape index (κ2) is 13.5. The molecule has 1 saturated heterocycles. The van der Waals surface area contributed by atoms with E-state index in [2.05, 4.69) is 19.9 Å². The highest BCUT2D eigenvalue weighted by molar-refractivity contribution is 6.35. The molecular formula is C30H33Cl2N7O3. The van der Waals surface area contributed by atoms with Gasteiger partial charge in [0.25, 0.3) is 0 Å². The lowest BCUT2D eigenvalue weighted by atomic mass is 9.93. The average Bonchev–Trinajstić information content (AvgIpc) is 3.37. The Hall–Kier alpha value is -3.73. The molecule has 0 atom stereocenters. The van der Waals surface area contributed by atoms with Crippen LogP contribution in [0.1, 0.15) is 30.5 Å². The number of carbonyl (C=O) groups excluding carboxylic acids is 1. The van der Waals surface area contributed by atoms with Gasteiger partial charge in [-0.1, -0.05) is 23.2 Å². The fraction of sp³-hybridized carbons (Fsp3) is 0.367. The Kier molecular flexibility index (Phi) is 9.56. The van der Waals surface area contributed by atoms with Crippen molar-refractivity contribution in [2.24, 2.45) is 13.0 Å². The lowest BCUT2D eigenvalue weighted by Gasteiger charge is -2.31. The number of anilines is 1. The number of ether oxygens (including phenoxy) is 2. The average molecular weight is 611 g/mol. The van der Waals surface area contributed by atoms with Crippen LogP contribution in [0.15, 0.2) is 55.2 Å². The van der Waals surface area contributed by atoms with Crippen molar-refractivity contribution >= 4 is 35.1 Å². The Balaban J connectivity index is 1.33. The van der Waals surface area contributed by atoms with E-state index in [4.69, 9.17) is 37.7 Å². The zero-order valence-electron chi connectivity index (χ0n) is 23.8. The van der Waals surface area contributed by atoms with Crippen molar-refractivity contribution in [2.45, 2.75) is 32.4 Å². The molecule has 0 radical (unpaired) electrons. The summed E-state index contributed by atoms with van der Waals surface area (Å²) in [6.07, 6.45) is 9.22. The van der Waals surface area contributed by atoms with E-state index in [1.165, 1.54) is 7.11 Å². The standard InChI is InChI=1S/C30H33Cl2N7O3/c1-37(18-25-14-33-19-38(25)2)30-34-15-26(16-35-30)42-28-9-21(8-27(36-28)22-11-23(31)13-24(32)12-22)17-39-6-4-20(5-7-39)10-29(40)41-3/h8-9,11-16,19-20H,4-7,10,17-18H2,1-3H3. The molecule has 0 N–H and O–H groups in total. The lowest BCUT2D eigenvalue weighted by Crippen LogP contribution is -2.34. The number of aromatic nitrogens is 5. The van der Waals surface area contributed by atoms with E-state index < -0.39 is 0 Å². The highest BCUT2D eigenvalue weighted by Crippen LogP contribution is 2.31. The third-order valence-electron chi connectivity index (χ3n) is 7.31. The number of imidazole rings is 1. The molecular weight excluding hydrogens is 577 g/mol. The van der Waals surface area contributed by atoms with Gasteiger partial charge in [0.1, 0.15) is 0 Å². The number of rotatable bonds is 10. The van der Waals surface area contributed by atoms with Gasteiger partial charge in [-0.15, -0.1) is 0 Å². The maximum Gasteiger partial charge on any atom is 0.305 e. The van der Waals surface area contributed by atoms with Gasteiger partial charge >= 0.3 is 5.97 Å². The molecule has 0 spiro atoms. The van der Waals surface area contributed by atoms with Crippen LogP contribution in [-0.4, -0.2) is 62.6 Å². The van der Waals surface area contributed by atoms with E-state index in [0.717, 1.165) is 42.8 Å². The Morgan fingerprint density at radius 1 is 1.05 bits per heavy atom. The fourth-order valence-corrected chi connectivity index (χ4v) is 5.53. The molecule has 10 nitrogen and oxygen atoms in total. The van der Waals surface area contributed by atoms with Crippen molar-refractivity contribution in [2.75, 3.05) is 32.1 Å². The number of benzene rings is 1. The van der Waals surface area contributed by atoms with Gasteiger partial charge in [-0.05, 0) is 61.7 Å². The molecule has 42 heavy (non-hydrogen) atoms. The molecule has 1 aliphatic heterocycles. The maximum absolute atomic E-state index is 11.7. The molecule has 3 aromatic heterocycles. The first-order valence-corrected chi connectivity index (χ1v) is 14.4. The molecule has 0 unspecified atom stereocenters.